The minimum Gasteiger partial charge on any atom is -0.343 e. The van der Waals surface area contributed by atoms with Crippen LogP contribution in [0.3, 0.4) is 0 Å². The highest BCUT2D eigenvalue weighted by Crippen LogP contribution is 2.27. The van der Waals surface area contributed by atoms with E-state index >= 15 is 0 Å². The molecule has 4 nitrogen and oxygen atoms in total. The Kier molecular flexibility index (Phi) is 6.06. The van der Waals surface area contributed by atoms with Crippen molar-refractivity contribution >= 4 is 5.91 Å². The summed E-state index contributed by atoms with van der Waals surface area (Å²) in [6.45, 7) is 9.59. The Morgan fingerprint density at radius 1 is 1.10 bits per heavy atom. The third kappa shape index (κ3) is 4.96. The molecule has 0 spiro atoms. The van der Waals surface area contributed by atoms with Gasteiger partial charge in [-0.05, 0) is 63.6 Å². The zero-order valence-electron chi connectivity index (χ0n) is 13.9. The number of piperidine rings is 1. The van der Waals surface area contributed by atoms with Gasteiger partial charge in [0.05, 0.1) is 0 Å². The number of carbonyl (C=O) groups is 1. The van der Waals surface area contributed by atoms with Gasteiger partial charge in [-0.2, -0.15) is 0 Å². The van der Waals surface area contributed by atoms with E-state index in [1.807, 2.05) is 0 Å². The molecule has 2 saturated heterocycles. The van der Waals surface area contributed by atoms with Crippen molar-refractivity contribution in [2.75, 3.05) is 32.7 Å². The van der Waals surface area contributed by atoms with Gasteiger partial charge >= 0.3 is 0 Å². The first-order valence-corrected chi connectivity index (χ1v) is 8.74. The van der Waals surface area contributed by atoms with E-state index in [0.29, 0.717) is 18.9 Å². The van der Waals surface area contributed by atoms with E-state index in [2.05, 4.69) is 23.6 Å². The van der Waals surface area contributed by atoms with Crippen LogP contribution in [0, 0.1) is 5.41 Å². The lowest BCUT2D eigenvalue weighted by molar-refractivity contribution is -0.133. The van der Waals surface area contributed by atoms with Crippen molar-refractivity contribution in [3.05, 3.63) is 0 Å². The molecule has 2 N–H and O–H groups in total. The summed E-state index contributed by atoms with van der Waals surface area (Å²) in [7, 11) is 0. The molecular weight excluding hydrogens is 262 g/mol. The Balaban J connectivity index is 1.70. The molecule has 0 aromatic heterocycles. The lowest BCUT2D eigenvalue weighted by atomic mass is 9.84. The monoisotopic (exact) mass is 295 g/mol. The number of hydrogen-bond donors (Lipinski definition) is 1. The number of hydrogen-bond acceptors (Lipinski definition) is 3. The number of likely N-dealkylation sites (tertiary alicyclic amines) is 2. The molecule has 0 aliphatic carbocycles. The van der Waals surface area contributed by atoms with Gasteiger partial charge in [-0.15, -0.1) is 0 Å². The van der Waals surface area contributed by atoms with E-state index in [-0.39, 0.29) is 5.41 Å². The first-order chi connectivity index (χ1) is 10.0. The molecule has 0 aromatic carbocycles. The third-order valence-electron chi connectivity index (χ3n) is 5.31. The molecule has 0 saturated carbocycles. The largest absolute Gasteiger partial charge is 0.343 e. The average Bonchev–Trinajstić information content (AvgIpc) is 2.99. The highest BCUT2D eigenvalue weighted by molar-refractivity contribution is 5.76. The molecule has 2 fully saturated rings. The summed E-state index contributed by atoms with van der Waals surface area (Å²) in [6, 6.07) is 0.727. The molecule has 0 atom stereocenters. The molecule has 0 radical (unpaired) electrons. The maximum absolute atomic E-state index is 12.4. The van der Waals surface area contributed by atoms with Gasteiger partial charge in [-0.1, -0.05) is 13.8 Å². The Bertz CT molecular complexity index is 329. The normalized spacial score (nSPS) is 22.0. The van der Waals surface area contributed by atoms with Crippen LogP contribution in [0.5, 0.6) is 0 Å². The molecule has 0 aromatic rings. The lowest BCUT2D eigenvalue weighted by Crippen LogP contribution is -2.46. The van der Waals surface area contributed by atoms with Crippen LogP contribution in [0.2, 0.25) is 0 Å². The van der Waals surface area contributed by atoms with Crippen molar-refractivity contribution < 1.29 is 4.79 Å². The predicted octanol–water partition coefficient (Wildman–Crippen LogP) is 2.23. The fourth-order valence-electron chi connectivity index (χ4n) is 3.71. The van der Waals surface area contributed by atoms with Gasteiger partial charge < -0.3 is 15.5 Å². The fourth-order valence-corrected chi connectivity index (χ4v) is 3.71. The minimum atomic E-state index is 0.193. The van der Waals surface area contributed by atoms with Crippen LogP contribution in [0.25, 0.3) is 0 Å². The van der Waals surface area contributed by atoms with Crippen molar-refractivity contribution in [1.29, 1.82) is 0 Å². The Morgan fingerprint density at radius 2 is 1.71 bits per heavy atom. The molecule has 1 amide bonds. The van der Waals surface area contributed by atoms with Crippen LogP contribution in [0.15, 0.2) is 0 Å². The number of nitrogens with zero attached hydrogens (tertiary/aromatic N) is 2. The van der Waals surface area contributed by atoms with Gasteiger partial charge in [0, 0.05) is 25.6 Å². The van der Waals surface area contributed by atoms with Gasteiger partial charge in [0.15, 0.2) is 0 Å². The first-order valence-electron chi connectivity index (χ1n) is 8.74. The molecule has 4 heteroatoms. The second-order valence-electron chi connectivity index (χ2n) is 7.56. The predicted molar refractivity (Wildman–Crippen MR) is 87.1 cm³/mol. The summed E-state index contributed by atoms with van der Waals surface area (Å²) in [5, 5.41) is 0. The summed E-state index contributed by atoms with van der Waals surface area (Å²) in [4.78, 5) is 17.1. The van der Waals surface area contributed by atoms with Crippen molar-refractivity contribution in [2.24, 2.45) is 11.1 Å². The smallest absolute Gasteiger partial charge is 0.222 e. The van der Waals surface area contributed by atoms with Gasteiger partial charge in [0.1, 0.15) is 0 Å². The summed E-state index contributed by atoms with van der Waals surface area (Å²) in [5.41, 5.74) is 5.83. The second kappa shape index (κ2) is 7.59. The van der Waals surface area contributed by atoms with Crippen LogP contribution in [-0.4, -0.2) is 54.5 Å². The van der Waals surface area contributed by atoms with Crippen LogP contribution >= 0.6 is 0 Å². The lowest BCUT2D eigenvalue weighted by Gasteiger charge is -2.37. The van der Waals surface area contributed by atoms with Crippen LogP contribution in [0.4, 0.5) is 0 Å². The summed E-state index contributed by atoms with van der Waals surface area (Å²) in [5.74, 6) is 0.347. The standard InChI is InChI=1S/C17H33N3O/c1-17(2,9-10-18)8-5-16(21)20-13-6-15(7-14-20)19-11-3-4-12-19/h15H,3-14,18H2,1-2H3. The molecule has 0 unspecified atom stereocenters. The number of amides is 1. The average molecular weight is 295 g/mol. The molecule has 21 heavy (non-hydrogen) atoms. The molecule has 2 aliphatic rings. The van der Waals surface area contributed by atoms with E-state index in [0.717, 1.165) is 44.8 Å². The van der Waals surface area contributed by atoms with E-state index in [1.54, 1.807) is 0 Å². The highest BCUT2D eigenvalue weighted by Gasteiger charge is 2.28. The molecule has 0 bridgehead atoms. The third-order valence-corrected chi connectivity index (χ3v) is 5.31. The zero-order chi connectivity index (χ0) is 15.3. The number of rotatable bonds is 6. The highest BCUT2D eigenvalue weighted by atomic mass is 16.2. The molecule has 2 aliphatic heterocycles. The van der Waals surface area contributed by atoms with E-state index in [9.17, 15) is 4.79 Å². The molecule has 2 rings (SSSR count). The van der Waals surface area contributed by atoms with E-state index in [1.165, 1.54) is 25.9 Å². The van der Waals surface area contributed by atoms with Gasteiger partial charge in [0.25, 0.3) is 0 Å². The van der Waals surface area contributed by atoms with Crippen LogP contribution < -0.4 is 5.73 Å². The van der Waals surface area contributed by atoms with Gasteiger partial charge in [-0.25, -0.2) is 0 Å². The minimum absolute atomic E-state index is 0.193. The van der Waals surface area contributed by atoms with E-state index < -0.39 is 0 Å². The maximum Gasteiger partial charge on any atom is 0.222 e. The second-order valence-corrected chi connectivity index (χ2v) is 7.56. The quantitative estimate of drug-likeness (QED) is 0.817. The summed E-state index contributed by atoms with van der Waals surface area (Å²) >= 11 is 0. The van der Waals surface area contributed by atoms with Crippen molar-refractivity contribution in [3.8, 4) is 0 Å². The van der Waals surface area contributed by atoms with Gasteiger partial charge in [0.2, 0.25) is 5.91 Å². The fraction of sp³-hybridized carbons (Fsp3) is 0.941. The molecule has 2 heterocycles. The van der Waals surface area contributed by atoms with Crippen LogP contribution in [0.1, 0.15) is 58.8 Å². The maximum atomic E-state index is 12.4. The summed E-state index contributed by atoms with van der Waals surface area (Å²) < 4.78 is 0. The summed E-state index contributed by atoms with van der Waals surface area (Å²) in [6.07, 6.45) is 7.67. The van der Waals surface area contributed by atoms with Crippen molar-refractivity contribution in [3.63, 3.8) is 0 Å². The Morgan fingerprint density at radius 3 is 2.29 bits per heavy atom. The van der Waals surface area contributed by atoms with Crippen LogP contribution in [-0.2, 0) is 4.79 Å². The first kappa shape index (κ1) is 16.8. The van der Waals surface area contributed by atoms with Gasteiger partial charge in [-0.3, -0.25) is 4.79 Å². The zero-order valence-corrected chi connectivity index (χ0v) is 13.9. The topological polar surface area (TPSA) is 49.6 Å². The SMILES string of the molecule is CC(C)(CCN)CCC(=O)N1CCC(N2CCCC2)CC1. The van der Waals surface area contributed by atoms with Crippen molar-refractivity contribution in [1.82, 2.24) is 9.80 Å². The molecular formula is C17H33N3O. The number of carbonyl (C=O) groups excluding carboxylic acids is 1. The van der Waals surface area contributed by atoms with E-state index in [4.69, 9.17) is 5.73 Å². The Labute approximate surface area is 130 Å². The molecule has 122 valence electrons. The number of nitrogens with two attached hydrogens (primary N) is 1. The van der Waals surface area contributed by atoms with Crippen molar-refractivity contribution in [2.45, 2.75) is 64.8 Å². The Hall–Kier alpha value is -0.610.